The van der Waals surface area contributed by atoms with Crippen LogP contribution in [0.4, 0.5) is 4.39 Å². The standard InChI is InChI=1S/C17H25FN2O2/c1-2-15(22-16-5-3-4-14(18)10-16)12-20-17(21)7-6-13-8-9-19-11-13/h3-5,10,13,15,19H,2,6-9,11-12H2,1H3,(H,20,21). The van der Waals surface area contributed by atoms with Crippen LogP contribution in [0.15, 0.2) is 24.3 Å². The van der Waals surface area contributed by atoms with Gasteiger partial charge in [-0.3, -0.25) is 4.79 Å². The van der Waals surface area contributed by atoms with Crippen LogP contribution in [-0.4, -0.2) is 31.6 Å². The van der Waals surface area contributed by atoms with Crippen LogP contribution in [0.5, 0.6) is 5.75 Å². The maximum atomic E-state index is 13.1. The molecule has 0 saturated carbocycles. The van der Waals surface area contributed by atoms with Gasteiger partial charge in [0.15, 0.2) is 0 Å². The van der Waals surface area contributed by atoms with E-state index in [-0.39, 0.29) is 17.8 Å². The van der Waals surface area contributed by atoms with Gasteiger partial charge in [0.2, 0.25) is 5.91 Å². The molecule has 1 saturated heterocycles. The van der Waals surface area contributed by atoms with E-state index in [1.807, 2.05) is 6.92 Å². The molecule has 2 rings (SSSR count). The Hall–Kier alpha value is -1.62. The molecular weight excluding hydrogens is 283 g/mol. The molecule has 1 aromatic carbocycles. The first kappa shape index (κ1) is 16.7. The van der Waals surface area contributed by atoms with Crippen molar-refractivity contribution in [2.75, 3.05) is 19.6 Å². The Labute approximate surface area is 131 Å². The summed E-state index contributed by atoms with van der Waals surface area (Å²) in [5.41, 5.74) is 0. The second kappa shape index (κ2) is 8.73. The summed E-state index contributed by atoms with van der Waals surface area (Å²) < 4.78 is 18.8. The highest BCUT2D eigenvalue weighted by atomic mass is 19.1. The van der Waals surface area contributed by atoms with Gasteiger partial charge in [0, 0.05) is 12.5 Å². The summed E-state index contributed by atoms with van der Waals surface area (Å²) in [4.78, 5) is 11.9. The summed E-state index contributed by atoms with van der Waals surface area (Å²) in [5.74, 6) is 0.865. The average molecular weight is 308 g/mol. The zero-order valence-electron chi connectivity index (χ0n) is 13.1. The Morgan fingerprint density at radius 1 is 1.55 bits per heavy atom. The minimum absolute atomic E-state index is 0.0631. The highest BCUT2D eigenvalue weighted by Gasteiger charge is 2.16. The van der Waals surface area contributed by atoms with E-state index < -0.39 is 0 Å². The summed E-state index contributed by atoms with van der Waals surface area (Å²) in [5, 5.41) is 6.22. The van der Waals surface area contributed by atoms with Gasteiger partial charge in [-0.2, -0.15) is 0 Å². The average Bonchev–Trinajstić information content (AvgIpc) is 3.03. The van der Waals surface area contributed by atoms with Gasteiger partial charge in [-0.05, 0) is 50.4 Å². The lowest BCUT2D eigenvalue weighted by Gasteiger charge is -2.18. The second-order valence-electron chi connectivity index (χ2n) is 5.81. The summed E-state index contributed by atoms with van der Waals surface area (Å²) in [7, 11) is 0. The molecule has 5 heteroatoms. The topological polar surface area (TPSA) is 50.4 Å². The van der Waals surface area contributed by atoms with Crippen LogP contribution < -0.4 is 15.4 Å². The van der Waals surface area contributed by atoms with E-state index in [4.69, 9.17) is 4.74 Å². The third-order valence-electron chi connectivity index (χ3n) is 4.02. The van der Waals surface area contributed by atoms with E-state index >= 15 is 0 Å². The maximum absolute atomic E-state index is 13.1. The van der Waals surface area contributed by atoms with Crippen molar-refractivity contribution in [3.8, 4) is 5.75 Å². The molecule has 122 valence electrons. The molecule has 1 aromatic rings. The van der Waals surface area contributed by atoms with Crippen LogP contribution in [0.25, 0.3) is 0 Å². The molecule has 22 heavy (non-hydrogen) atoms. The molecule has 1 heterocycles. The number of ether oxygens (including phenoxy) is 1. The Morgan fingerprint density at radius 2 is 2.41 bits per heavy atom. The van der Waals surface area contributed by atoms with Gasteiger partial charge < -0.3 is 15.4 Å². The number of halogens is 1. The quantitative estimate of drug-likeness (QED) is 0.776. The normalized spacial score (nSPS) is 18.9. The lowest BCUT2D eigenvalue weighted by molar-refractivity contribution is -0.121. The van der Waals surface area contributed by atoms with Crippen LogP contribution in [0.3, 0.4) is 0 Å². The van der Waals surface area contributed by atoms with E-state index in [9.17, 15) is 9.18 Å². The van der Waals surface area contributed by atoms with Gasteiger partial charge in [-0.25, -0.2) is 4.39 Å². The van der Waals surface area contributed by atoms with Crippen LogP contribution in [0, 0.1) is 11.7 Å². The van der Waals surface area contributed by atoms with Gasteiger partial charge in [-0.1, -0.05) is 13.0 Å². The molecule has 0 aliphatic carbocycles. The van der Waals surface area contributed by atoms with Crippen molar-refractivity contribution in [2.24, 2.45) is 5.92 Å². The molecule has 1 amide bonds. The van der Waals surface area contributed by atoms with E-state index in [1.165, 1.54) is 12.1 Å². The highest BCUT2D eigenvalue weighted by Crippen LogP contribution is 2.15. The van der Waals surface area contributed by atoms with E-state index in [0.29, 0.717) is 24.6 Å². The Bertz CT molecular complexity index is 475. The van der Waals surface area contributed by atoms with Gasteiger partial charge >= 0.3 is 0 Å². The molecule has 1 aliphatic rings. The summed E-state index contributed by atoms with van der Waals surface area (Å²) in [6.45, 7) is 4.52. The molecule has 2 atom stereocenters. The Kier molecular flexibility index (Phi) is 6.65. The third-order valence-corrected chi connectivity index (χ3v) is 4.02. The van der Waals surface area contributed by atoms with Crippen molar-refractivity contribution in [3.05, 3.63) is 30.1 Å². The van der Waals surface area contributed by atoms with Crippen molar-refractivity contribution in [1.82, 2.24) is 10.6 Å². The summed E-state index contributed by atoms with van der Waals surface area (Å²) in [6, 6.07) is 6.08. The fraction of sp³-hybridized carbons (Fsp3) is 0.588. The first-order chi connectivity index (χ1) is 10.7. The van der Waals surface area contributed by atoms with Crippen molar-refractivity contribution in [2.45, 2.75) is 38.7 Å². The first-order valence-electron chi connectivity index (χ1n) is 8.07. The molecule has 0 spiro atoms. The number of rotatable bonds is 8. The molecule has 1 aliphatic heterocycles. The van der Waals surface area contributed by atoms with Crippen molar-refractivity contribution in [1.29, 1.82) is 0 Å². The predicted octanol–water partition coefficient (Wildman–Crippen LogP) is 2.49. The van der Waals surface area contributed by atoms with Gasteiger partial charge in [-0.15, -0.1) is 0 Å². The summed E-state index contributed by atoms with van der Waals surface area (Å²) in [6.07, 6.45) is 3.26. The zero-order chi connectivity index (χ0) is 15.8. The van der Waals surface area contributed by atoms with Gasteiger partial charge in [0.1, 0.15) is 17.7 Å². The van der Waals surface area contributed by atoms with Gasteiger partial charge in [0.05, 0.1) is 6.54 Å². The number of amides is 1. The van der Waals surface area contributed by atoms with Crippen LogP contribution in [0.1, 0.15) is 32.6 Å². The smallest absolute Gasteiger partial charge is 0.220 e. The van der Waals surface area contributed by atoms with Crippen molar-refractivity contribution >= 4 is 5.91 Å². The molecule has 2 unspecified atom stereocenters. The number of hydrogen-bond donors (Lipinski definition) is 2. The number of nitrogens with one attached hydrogen (secondary N) is 2. The molecule has 0 aromatic heterocycles. The lowest BCUT2D eigenvalue weighted by Crippen LogP contribution is -2.35. The number of benzene rings is 1. The van der Waals surface area contributed by atoms with E-state index in [0.717, 1.165) is 32.4 Å². The third kappa shape index (κ3) is 5.64. The van der Waals surface area contributed by atoms with Crippen molar-refractivity contribution in [3.63, 3.8) is 0 Å². The SMILES string of the molecule is CCC(CNC(=O)CCC1CCNC1)Oc1cccc(F)c1. The fourth-order valence-electron chi connectivity index (χ4n) is 2.61. The minimum Gasteiger partial charge on any atom is -0.489 e. The molecule has 0 bridgehead atoms. The van der Waals surface area contributed by atoms with Crippen LogP contribution in [0.2, 0.25) is 0 Å². The Morgan fingerprint density at radius 3 is 3.09 bits per heavy atom. The number of carbonyl (C=O) groups is 1. The monoisotopic (exact) mass is 308 g/mol. The van der Waals surface area contributed by atoms with Gasteiger partial charge in [0.25, 0.3) is 0 Å². The zero-order valence-corrected chi connectivity index (χ0v) is 13.1. The highest BCUT2D eigenvalue weighted by molar-refractivity contribution is 5.75. The molecule has 4 nitrogen and oxygen atoms in total. The lowest BCUT2D eigenvalue weighted by atomic mass is 10.0. The van der Waals surface area contributed by atoms with E-state index in [1.54, 1.807) is 12.1 Å². The van der Waals surface area contributed by atoms with Crippen LogP contribution >= 0.6 is 0 Å². The largest absolute Gasteiger partial charge is 0.489 e. The summed E-state index contributed by atoms with van der Waals surface area (Å²) >= 11 is 0. The number of carbonyl (C=O) groups excluding carboxylic acids is 1. The molecule has 2 N–H and O–H groups in total. The molecule has 0 radical (unpaired) electrons. The Balaban J connectivity index is 1.69. The first-order valence-corrected chi connectivity index (χ1v) is 8.07. The molecular formula is C17H25FN2O2. The molecule has 1 fully saturated rings. The number of hydrogen-bond acceptors (Lipinski definition) is 3. The fourth-order valence-corrected chi connectivity index (χ4v) is 2.61. The minimum atomic E-state index is -0.318. The predicted molar refractivity (Wildman–Crippen MR) is 84.3 cm³/mol. The second-order valence-corrected chi connectivity index (χ2v) is 5.81. The van der Waals surface area contributed by atoms with Crippen molar-refractivity contribution < 1.29 is 13.9 Å². The maximum Gasteiger partial charge on any atom is 0.220 e. The van der Waals surface area contributed by atoms with Crippen LogP contribution in [-0.2, 0) is 4.79 Å². The van der Waals surface area contributed by atoms with E-state index in [2.05, 4.69) is 10.6 Å².